The highest BCUT2D eigenvalue weighted by Crippen LogP contribution is 2.43. The molecule has 0 fully saturated rings. The molecule has 34 heavy (non-hydrogen) atoms. The molecule has 2 aromatic rings. The third-order valence-corrected chi connectivity index (χ3v) is 6.81. The van der Waals surface area contributed by atoms with Crippen molar-refractivity contribution in [1.82, 2.24) is 4.83 Å². The maximum absolute atomic E-state index is 13.1. The molecule has 1 aromatic carbocycles. The lowest BCUT2D eigenvalue weighted by molar-refractivity contribution is -0.147. The Hall–Kier alpha value is -3.22. The highest BCUT2D eigenvalue weighted by molar-refractivity contribution is 7.20. The van der Waals surface area contributed by atoms with Gasteiger partial charge in [-0.3, -0.25) is 9.59 Å². The molecule has 1 aromatic heterocycles. The molecule has 1 aliphatic carbocycles. The Balaban J connectivity index is 1.81. The molecule has 0 amide bonds. The van der Waals surface area contributed by atoms with Gasteiger partial charge in [0.05, 0.1) is 11.1 Å². The first kappa shape index (κ1) is 25.4. The third-order valence-electron chi connectivity index (χ3n) is 6.15. The molecule has 1 aliphatic rings. The van der Waals surface area contributed by atoms with Gasteiger partial charge in [0.25, 0.3) is 5.95 Å². The summed E-state index contributed by atoms with van der Waals surface area (Å²) in [5.74, 6) is -1.30. The van der Waals surface area contributed by atoms with E-state index in [4.69, 9.17) is 9.25 Å². The monoisotopic (exact) mass is 486 g/mol. The van der Waals surface area contributed by atoms with Crippen LogP contribution in [0.4, 0.5) is 0 Å². The zero-order valence-electron chi connectivity index (χ0n) is 19.6. The van der Waals surface area contributed by atoms with Crippen LogP contribution in [0.3, 0.4) is 0 Å². The summed E-state index contributed by atoms with van der Waals surface area (Å²) in [6, 6.07) is 6.06. The summed E-state index contributed by atoms with van der Waals surface area (Å²) < 4.78 is 16.6. The normalized spacial score (nSPS) is 17.3. The van der Waals surface area contributed by atoms with Gasteiger partial charge in [-0.2, -0.15) is 0 Å². The van der Waals surface area contributed by atoms with Crippen molar-refractivity contribution in [1.29, 1.82) is 0 Å². The van der Waals surface area contributed by atoms with E-state index >= 15 is 0 Å². The molecule has 0 aliphatic heterocycles. The zero-order chi connectivity index (χ0) is 25.0. The number of Topliss-reactive ketones (excluding diaryl/α,β-unsaturated/α-hetero) is 1. The Morgan fingerprint density at radius 1 is 1.35 bits per heavy atom. The number of allylic oxidation sites excluding steroid dienone is 4. The van der Waals surface area contributed by atoms with Crippen molar-refractivity contribution in [3.63, 3.8) is 0 Å². The van der Waals surface area contributed by atoms with Gasteiger partial charge in [0, 0.05) is 22.6 Å². The van der Waals surface area contributed by atoms with Gasteiger partial charge in [0.1, 0.15) is 5.56 Å². The van der Waals surface area contributed by atoms with Crippen LogP contribution in [0.5, 0.6) is 11.7 Å². The summed E-state index contributed by atoms with van der Waals surface area (Å²) in [5, 5.41) is 19.2. The number of aromatic hydroxyl groups is 1. The van der Waals surface area contributed by atoms with E-state index in [1.54, 1.807) is 12.1 Å². The summed E-state index contributed by atoms with van der Waals surface area (Å²) in [6.07, 6.45) is 5.05. The third kappa shape index (κ3) is 5.13. The van der Waals surface area contributed by atoms with Crippen LogP contribution in [0.25, 0.3) is 0 Å². The average molecular weight is 486 g/mol. The van der Waals surface area contributed by atoms with E-state index in [2.05, 4.69) is 0 Å². The number of nitrogens with zero attached hydrogens (tertiary/aromatic N) is 1. The first-order valence-corrected chi connectivity index (χ1v) is 11.9. The minimum Gasteiger partial charge on any atom is -0.480 e. The molecule has 2 N–H and O–H groups in total. The van der Waals surface area contributed by atoms with Crippen LogP contribution in [0.1, 0.15) is 67.9 Å². The van der Waals surface area contributed by atoms with Gasteiger partial charge in [-0.15, -0.1) is 0 Å². The second kappa shape index (κ2) is 10.8. The summed E-state index contributed by atoms with van der Waals surface area (Å²) >= 11 is 0. The minimum absolute atomic E-state index is 0.0182. The first-order chi connectivity index (χ1) is 16.2. The molecule has 0 saturated heterocycles. The minimum atomic E-state index is -1.14. The van der Waals surface area contributed by atoms with E-state index in [1.807, 2.05) is 39.0 Å². The van der Waals surface area contributed by atoms with Crippen LogP contribution in [0.2, 0.25) is 0 Å². The second-order valence-corrected chi connectivity index (χ2v) is 8.96. The molecular formula is C25H29NO7P+. The molecule has 0 saturated carbocycles. The Morgan fingerprint density at radius 2 is 2.06 bits per heavy atom. The van der Waals surface area contributed by atoms with E-state index < -0.39 is 20.6 Å². The SMILES string of the molecule is CCC1=C(CC=C(C)Cc2ccccc2ON([PH+]=O)[C@@H](C)C(=O)O)C(=O)c2c(coc2O)C1C. The van der Waals surface area contributed by atoms with E-state index in [0.717, 1.165) is 21.5 Å². The van der Waals surface area contributed by atoms with Crippen molar-refractivity contribution < 1.29 is 33.6 Å². The maximum Gasteiger partial charge on any atom is 0.457 e. The number of furan rings is 1. The number of hydrogen-bond donors (Lipinski definition) is 2. The number of carbonyl (C=O) groups excluding carboxylic acids is 1. The Kier molecular flexibility index (Phi) is 8.07. The van der Waals surface area contributed by atoms with Crippen molar-refractivity contribution >= 4 is 20.4 Å². The predicted octanol–water partition coefficient (Wildman–Crippen LogP) is 5.58. The highest BCUT2D eigenvalue weighted by atomic mass is 31.1. The quantitative estimate of drug-likeness (QED) is 0.254. The number of rotatable bonds is 10. The molecule has 0 bridgehead atoms. The van der Waals surface area contributed by atoms with E-state index in [0.29, 0.717) is 36.1 Å². The zero-order valence-corrected chi connectivity index (χ0v) is 20.6. The smallest absolute Gasteiger partial charge is 0.457 e. The molecule has 1 heterocycles. The number of benzene rings is 1. The topological polar surface area (TPSA) is 117 Å². The number of hydroxylamine groups is 1. The van der Waals surface area contributed by atoms with E-state index in [9.17, 15) is 24.4 Å². The summed E-state index contributed by atoms with van der Waals surface area (Å²) in [7, 11) is -1.08. The summed E-state index contributed by atoms with van der Waals surface area (Å²) in [6.45, 7) is 7.34. The molecule has 180 valence electrons. The molecular weight excluding hydrogens is 457 g/mol. The molecule has 0 radical (unpaired) electrons. The molecule has 0 spiro atoms. The predicted molar refractivity (Wildman–Crippen MR) is 128 cm³/mol. The van der Waals surface area contributed by atoms with Gasteiger partial charge >= 0.3 is 14.6 Å². The van der Waals surface area contributed by atoms with Gasteiger partial charge in [-0.25, -0.2) is 0 Å². The second-order valence-electron chi connectivity index (χ2n) is 8.34. The van der Waals surface area contributed by atoms with E-state index in [1.165, 1.54) is 13.2 Å². The Labute approximate surface area is 199 Å². The lowest BCUT2D eigenvalue weighted by atomic mass is 9.78. The van der Waals surface area contributed by atoms with Crippen LogP contribution >= 0.6 is 8.61 Å². The molecule has 2 unspecified atom stereocenters. The molecule has 8 nitrogen and oxygen atoms in total. The highest BCUT2D eigenvalue weighted by Gasteiger charge is 2.34. The van der Waals surface area contributed by atoms with Crippen molar-refractivity contribution in [2.24, 2.45) is 0 Å². The maximum atomic E-state index is 13.1. The Bertz CT molecular complexity index is 1160. The van der Waals surface area contributed by atoms with Gasteiger partial charge in [0.15, 0.2) is 17.6 Å². The van der Waals surface area contributed by atoms with Crippen molar-refractivity contribution in [3.05, 3.63) is 70.0 Å². The average Bonchev–Trinajstić information content (AvgIpc) is 3.21. The van der Waals surface area contributed by atoms with Crippen LogP contribution in [-0.4, -0.2) is 32.8 Å². The summed E-state index contributed by atoms with van der Waals surface area (Å²) in [5.41, 5.74) is 4.42. The van der Waals surface area contributed by atoms with Crippen LogP contribution in [-0.2, 0) is 15.8 Å². The number of fused-ring (bicyclic) bond motifs is 1. The van der Waals surface area contributed by atoms with Crippen LogP contribution in [0, 0.1) is 0 Å². The number of carboxylic acids is 1. The number of hydrogen-bond acceptors (Lipinski definition) is 6. The standard InChI is InChI=1S/C25H28NO7P/c1-5-18-15(3)20-13-32-25(30)22(20)23(27)19(18)11-10-14(2)12-17-8-6-7-9-21(17)33-26(34-31)16(4)24(28)29/h6-10,13,15-16,30H,5,11-12H2,1-4H3,(H,28,29)/p+1/t15?,16-/m0/s1. The van der Waals surface area contributed by atoms with Crippen molar-refractivity contribution in [2.45, 2.75) is 58.9 Å². The summed E-state index contributed by atoms with van der Waals surface area (Å²) in [4.78, 5) is 30.9. The van der Waals surface area contributed by atoms with E-state index in [-0.39, 0.29) is 23.2 Å². The lowest BCUT2D eigenvalue weighted by Gasteiger charge is -2.24. The van der Waals surface area contributed by atoms with Gasteiger partial charge < -0.3 is 19.5 Å². The van der Waals surface area contributed by atoms with Gasteiger partial charge in [0.2, 0.25) is 0 Å². The van der Waals surface area contributed by atoms with Crippen molar-refractivity contribution in [3.8, 4) is 11.7 Å². The van der Waals surface area contributed by atoms with Gasteiger partial charge in [-0.1, -0.05) is 49.3 Å². The number of carbonyl (C=O) groups is 2. The number of para-hydroxylation sites is 1. The number of aliphatic carboxylic acids is 1. The van der Waals surface area contributed by atoms with Crippen LogP contribution in [0.15, 0.2) is 57.7 Å². The fraction of sp³-hybridized carbons (Fsp3) is 0.360. The van der Waals surface area contributed by atoms with Crippen molar-refractivity contribution in [2.75, 3.05) is 0 Å². The lowest BCUT2D eigenvalue weighted by Crippen LogP contribution is -2.34. The number of carboxylic acid groups (broad SMARTS) is 1. The van der Waals surface area contributed by atoms with Crippen LogP contribution < -0.4 is 4.84 Å². The number of ketones is 1. The molecule has 9 heteroatoms. The Morgan fingerprint density at radius 3 is 2.71 bits per heavy atom. The first-order valence-electron chi connectivity index (χ1n) is 11.1. The fourth-order valence-corrected chi connectivity index (χ4v) is 4.57. The fourth-order valence-electron chi connectivity index (χ4n) is 4.17. The van der Waals surface area contributed by atoms with Gasteiger partial charge in [-0.05, 0) is 43.7 Å². The molecule has 3 rings (SSSR count). The molecule has 3 atom stereocenters. The largest absolute Gasteiger partial charge is 0.480 e.